The summed E-state index contributed by atoms with van der Waals surface area (Å²) in [5.74, 6) is 0.400. The summed E-state index contributed by atoms with van der Waals surface area (Å²) < 4.78 is 0. The van der Waals surface area contributed by atoms with E-state index in [1.807, 2.05) is 66.7 Å². The van der Waals surface area contributed by atoms with E-state index in [1.165, 1.54) is 0 Å². The Labute approximate surface area is 187 Å². The van der Waals surface area contributed by atoms with Crippen LogP contribution in [-0.2, 0) is 12.8 Å². The summed E-state index contributed by atoms with van der Waals surface area (Å²) in [4.78, 5) is 9.80. The molecule has 0 amide bonds. The standard InChI is InChI=1S/C28H24N2O2/c31-25-16-14-19-8-4-6-12-22(19)27(25)29-18-24(21-10-2-1-3-11-21)30-28-23-13-7-5-9-20(23)15-17-26(28)32/h1-13,16-17,24,31-32H,14-15,18H2/t24-/m1/s1. The van der Waals surface area contributed by atoms with Crippen LogP contribution in [0.1, 0.15) is 33.9 Å². The molecule has 3 aromatic rings. The molecule has 0 saturated heterocycles. The topological polar surface area (TPSA) is 65.2 Å². The lowest BCUT2D eigenvalue weighted by Gasteiger charge is -2.20. The normalized spacial score (nSPS) is 18.5. The fourth-order valence-electron chi connectivity index (χ4n) is 4.27. The van der Waals surface area contributed by atoms with Crippen LogP contribution in [0.5, 0.6) is 0 Å². The van der Waals surface area contributed by atoms with Gasteiger partial charge < -0.3 is 10.2 Å². The smallest absolute Gasteiger partial charge is 0.137 e. The Bertz CT molecular complexity index is 1270. The Balaban J connectivity index is 1.56. The van der Waals surface area contributed by atoms with Crippen LogP contribution in [0.4, 0.5) is 0 Å². The van der Waals surface area contributed by atoms with Gasteiger partial charge in [0, 0.05) is 11.1 Å². The minimum atomic E-state index is -0.303. The average Bonchev–Trinajstić information content (AvgIpc) is 2.84. The number of rotatable bonds is 4. The van der Waals surface area contributed by atoms with Gasteiger partial charge in [-0.2, -0.15) is 0 Å². The third-order valence-corrected chi connectivity index (χ3v) is 5.95. The van der Waals surface area contributed by atoms with E-state index in [-0.39, 0.29) is 17.6 Å². The zero-order valence-electron chi connectivity index (χ0n) is 17.6. The molecule has 0 bridgehead atoms. The van der Waals surface area contributed by atoms with Gasteiger partial charge in [-0.15, -0.1) is 0 Å². The number of aliphatic hydroxyl groups excluding tert-OH is 2. The lowest BCUT2D eigenvalue weighted by Crippen LogP contribution is -2.17. The third kappa shape index (κ3) is 3.87. The Morgan fingerprint density at radius 2 is 1.19 bits per heavy atom. The Morgan fingerprint density at radius 3 is 1.84 bits per heavy atom. The van der Waals surface area contributed by atoms with Crippen molar-refractivity contribution in [1.82, 2.24) is 0 Å². The largest absolute Gasteiger partial charge is 0.506 e. The second-order valence-electron chi connectivity index (χ2n) is 7.99. The summed E-state index contributed by atoms with van der Waals surface area (Å²) in [5.41, 5.74) is 6.39. The molecular formula is C28H24N2O2. The number of aliphatic hydroxyl groups is 2. The SMILES string of the molecule is OC1=CCc2ccccc2C1=NC[C@@H](N=C1C(O)=CCc2ccccc21)c1ccccc1. The lowest BCUT2D eigenvalue weighted by atomic mass is 9.93. The first-order valence-corrected chi connectivity index (χ1v) is 10.8. The maximum absolute atomic E-state index is 10.6. The summed E-state index contributed by atoms with van der Waals surface area (Å²) in [7, 11) is 0. The van der Waals surface area contributed by atoms with Gasteiger partial charge in [0.15, 0.2) is 0 Å². The van der Waals surface area contributed by atoms with E-state index < -0.39 is 0 Å². The molecule has 0 heterocycles. The van der Waals surface area contributed by atoms with Gasteiger partial charge in [0.2, 0.25) is 0 Å². The van der Waals surface area contributed by atoms with Crippen LogP contribution in [-0.4, -0.2) is 28.2 Å². The highest BCUT2D eigenvalue weighted by molar-refractivity contribution is 6.14. The van der Waals surface area contributed by atoms with Crippen molar-refractivity contribution in [3.05, 3.63) is 130 Å². The molecule has 0 aliphatic heterocycles. The Morgan fingerprint density at radius 1 is 0.656 bits per heavy atom. The second kappa shape index (κ2) is 8.67. The van der Waals surface area contributed by atoms with Gasteiger partial charge in [-0.1, -0.05) is 78.9 Å². The molecule has 3 aromatic carbocycles. The molecule has 32 heavy (non-hydrogen) atoms. The molecule has 158 valence electrons. The monoisotopic (exact) mass is 420 g/mol. The maximum Gasteiger partial charge on any atom is 0.137 e. The summed E-state index contributed by atoms with van der Waals surface area (Å²) in [6, 6.07) is 25.7. The maximum atomic E-state index is 10.6. The molecule has 0 fully saturated rings. The fraction of sp³-hybridized carbons (Fsp3) is 0.143. The van der Waals surface area contributed by atoms with Crippen LogP contribution in [0.15, 0.2) is 113 Å². The third-order valence-electron chi connectivity index (χ3n) is 5.95. The molecule has 5 rings (SSSR count). The minimum Gasteiger partial charge on any atom is -0.506 e. The average molecular weight is 421 g/mol. The zero-order valence-corrected chi connectivity index (χ0v) is 17.6. The molecule has 2 aliphatic carbocycles. The van der Waals surface area contributed by atoms with Crippen molar-refractivity contribution in [3.8, 4) is 0 Å². The number of nitrogens with zero attached hydrogens (tertiary/aromatic N) is 2. The molecule has 4 nitrogen and oxygen atoms in total. The number of aliphatic imine (C=N–C) groups is 2. The molecule has 0 unspecified atom stereocenters. The molecular weight excluding hydrogens is 396 g/mol. The number of allylic oxidation sites excluding steroid dienone is 4. The van der Waals surface area contributed by atoms with E-state index in [4.69, 9.17) is 9.98 Å². The fourth-order valence-corrected chi connectivity index (χ4v) is 4.27. The van der Waals surface area contributed by atoms with Crippen molar-refractivity contribution in [3.63, 3.8) is 0 Å². The van der Waals surface area contributed by atoms with Crippen molar-refractivity contribution in [2.45, 2.75) is 18.9 Å². The second-order valence-corrected chi connectivity index (χ2v) is 7.99. The molecule has 0 aromatic heterocycles. The van der Waals surface area contributed by atoms with Crippen molar-refractivity contribution in [2.24, 2.45) is 9.98 Å². The van der Waals surface area contributed by atoms with E-state index in [0.29, 0.717) is 30.8 Å². The highest BCUT2D eigenvalue weighted by Gasteiger charge is 2.22. The summed E-state index contributed by atoms with van der Waals surface area (Å²) >= 11 is 0. The summed E-state index contributed by atoms with van der Waals surface area (Å²) in [6.07, 6.45) is 4.99. The first-order chi connectivity index (χ1) is 15.7. The van der Waals surface area contributed by atoms with Gasteiger partial charge in [-0.3, -0.25) is 9.98 Å². The first kappa shape index (κ1) is 20.0. The zero-order chi connectivity index (χ0) is 21.9. The number of benzene rings is 3. The first-order valence-electron chi connectivity index (χ1n) is 10.8. The van der Waals surface area contributed by atoms with Gasteiger partial charge in [0.25, 0.3) is 0 Å². The van der Waals surface area contributed by atoms with Crippen LogP contribution in [0.2, 0.25) is 0 Å². The molecule has 0 radical (unpaired) electrons. The molecule has 2 aliphatic rings. The summed E-state index contributed by atoms with van der Waals surface area (Å²) in [6.45, 7) is 0.352. The lowest BCUT2D eigenvalue weighted by molar-refractivity contribution is 0.438. The molecule has 0 saturated carbocycles. The quantitative estimate of drug-likeness (QED) is 0.568. The number of fused-ring (bicyclic) bond motifs is 2. The molecule has 1 atom stereocenters. The Hall–Kier alpha value is -3.92. The van der Waals surface area contributed by atoms with Gasteiger partial charge in [0.05, 0.1) is 12.6 Å². The number of hydrogen-bond donors (Lipinski definition) is 2. The van der Waals surface area contributed by atoms with Gasteiger partial charge >= 0.3 is 0 Å². The van der Waals surface area contributed by atoms with Crippen LogP contribution >= 0.6 is 0 Å². The van der Waals surface area contributed by atoms with Crippen molar-refractivity contribution in [1.29, 1.82) is 0 Å². The molecule has 0 spiro atoms. The van der Waals surface area contributed by atoms with Gasteiger partial charge in [-0.05, 0) is 41.7 Å². The van der Waals surface area contributed by atoms with Crippen LogP contribution in [0.3, 0.4) is 0 Å². The van der Waals surface area contributed by atoms with E-state index in [1.54, 1.807) is 12.2 Å². The van der Waals surface area contributed by atoms with E-state index in [9.17, 15) is 10.2 Å². The number of hydrogen-bond acceptors (Lipinski definition) is 4. The van der Waals surface area contributed by atoms with Crippen LogP contribution in [0.25, 0.3) is 0 Å². The van der Waals surface area contributed by atoms with E-state index in [0.717, 1.165) is 27.8 Å². The highest BCUT2D eigenvalue weighted by atomic mass is 16.3. The van der Waals surface area contributed by atoms with Crippen molar-refractivity contribution < 1.29 is 10.2 Å². The predicted molar refractivity (Wildman–Crippen MR) is 129 cm³/mol. The molecule has 2 N–H and O–H groups in total. The van der Waals surface area contributed by atoms with Crippen LogP contribution in [0, 0.1) is 0 Å². The summed E-state index contributed by atoms with van der Waals surface area (Å²) in [5, 5.41) is 21.2. The van der Waals surface area contributed by atoms with Crippen molar-refractivity contribution in [2.75, 3.05) is 6.54 Å². The minimum absolute atomic E-state index is 0.197. The van der Waals surface area contributed by atoms with E-state index in [2.05, 4.69) is 12.1 Å². The van der Waals surface area contributed by atoms with Gasteiger partial charge in [-0.25, -0.2) is 0 Å². The predicted octanol–water partition coefficient (Wildman–Crippen LogP) is 5.70. The molecule has 4 heteroatoms. The van der Waals surface area contributed by atoms with Crippen LogP contribution < -0.4 is 0 Å². The van der Waals surface area contributed by atoms with Crippen molar-refractivity contribution >= 4 is 11.4 Å². The van der Waals surface area contributed by atoms with Gasteiger partial charge in [0.1, 0.15) is 22.9 Å². The van der Waals surface area contributed by atoms with E-state index >= 15 is 0 Å². The highest BCUT2D eigenvalue weighted by Crippen LogP contribution is 2.27. The Kier molecular flexibility index (Phi) is 5.42.